The van der Waals surface area contributed by atoms with Crippen molar-refractivity contribution in [2.75, 3.05) is 18.5 Å². The van der Waals surface area contributed by atoms with Crippen molar-refractivity contribution < 1.29 is 9.90 Å². The predicted octanol–water partition coefficient (Wildman–Crippen LogP) is 1.79. The van der Waals surface area contributed by atoms with Gasteiger partial charge in [0.25, 0.3) is 5.91 Å². The van der Waals surface area contributed by atoms with Crippen LogP contribution in [0.1, 0.15) is 21.1 Å². The van der Waals surface area contributed by atoms with Gasteiger partial charge in [-0.15, -0.1) is 11.3 Å². The van der Waals surface area contributed by atoms with E-state index in [-0.39, 0.29) is 19.1 Å². The van der Waals surface area contributed by atoms with Crippen molar-refractivity contribution >= 4 is 22.9 Å². The van der Waals surface area contributed by atoms with Gasteiger partial charge in [0.05, 0.1) is 23.9 Å². The number of rotatable bonds is 6. The molecule has 0 aliphatic rings. The third-order valence-electron chi connectivity index (χ3n) is 2.68. The molecule has 0 aliphatic carbocycles. The number of nitrogens with zero attached hydrogens (tertiary/aromatic N) is 1. The number of amides is 1. The second-order valence-electron chi connectivity index (χ2n) is 4.27. The van der Waals surface area contributed by atoms with Crippen molar-refractivity contribution in [3.63, 3.8) is 0 Å². The molecule has 1 heterocycles. The summed E-state index contributed by atoms with van der Waals surface area (Å²) in [4.78, 5) is 16.0. The minimum Gasteiger partial charge on any atom is -0.395 e. The summed E-state index contributed by atoms with van der Waals surface area (Å²) >= 11 is 1.63. The zero-order valence-corrected chi connectivity index (χ0v) is 12.0. The summed E-state index contributed by atoms with van der Waals surface area (Å²) in [6.07, 6.45) is 0. The highest BCUT2D eigenvalue weighted by Crippen LogP contribution is 2.13. The molecular weight excluding hydrogens is 274 g/mol. The topological polar surface area (TPSA) is 74.2 Å². The summed E-state index contributed by atoms with van der Waals surface area (Å²) < 4.78 is 0. The lowest BCUT2D eigenvalue weighted by atomic mass is 10.2. The van der Waals surface area contributed by atoms with Crippen molar-refractivity contribution in [3.8, 4) is 0 Å². The summed E-state index contributed by atoms with van der Waals surface area (Å²) in [7, 11) is 0. The van der Waals surface area contributed by atoms with Crippen LogP contribution >= 0.6 is 11.3 Å². The van der Waals surface area contributed by atoms with E-state index < -0.39 is 0 Å². The normalized spacial score (nSPS) is 10.3. The molecule has 0 unspecified atom stereocenters. The predicted molar refractivity (Wildman–Crippen MR) is 80.0 cm³/mol. The van der Waals surface area contributed by atoms with Crippen LogP contribution in [0.15, 0.2) is 29.6 Å². The van der Waals surface area contributed by atoms with Crippen LogP contribution in [0.25, 0.3) is 0 Å². The number of aromatic nitrogens is 1. The van der Waals surface area contributed by atoms with Crippen molar-refractivity contribution in [2.45, 2.75) is 13.5 Å². The van der Waals surface area contributed by atoms with Gasteiger partial charge in [0, 0.05) is 23.2 Å². The molecule has 1 aromatic heterocycles. The minimum absolute atomic E-state index is 0.0571. The van der Waals surface area contributed by atoms with E-state index in [0.717, 1.165) is 16.4 Å². The Labute approximate surface area is 121 Å². The van der Waals surface area contributed by atoms with Crippen LogP contribution in [0, 0.1) is 6.92 Å². The second-order valence-corrected chi connectivity index (χ2v) is 5.33. The Morgan fingerprint density at radius 1 is 1.35 bits per heavy atom. The number of anilines is 1. The number of thiazole rings is 1. The Kier molecular flexibility index (Phi) is 5.09. The number of aryl methyl sites for hydroxylation is 1. The van der Waals surface area contributed by atoms with E-state index in [1.54, 1.807) is 23.5 Å². The summed E-state index contributed by atoms with van der Waals surface area (Å²) in [5.41, 5.74) is 2.53. The molecule has 0 saturated heterocycles. The number of nitrogens with one attached hydrogen (secondary N) is 2. The van der Waals surface area contributed by atoms with Crippen LogP contribution in [0.4, 0.5) is 5.69 Å². The van der Waals surface area contributed by atoms with Gasteiger partial charge >= 0.3 is 0 Å². The van der Waals surface area contributed by atoms with E-state index in [9.17, 15) is 4.79 Å². The van der Waals surface area contributed by atoms with Crippen LogP contribution in [-0.2, 0) is 6.54 Å². The van der Waals surface area contributed by atoms with Gasteiger partial charge in [-0.2, -0.15) is 0 Å². The van der Waals surface area contributed by atoms with E-state index in [4.69, 9.17) is 5.11 Å². The molecule has 6 heteroatoms. The van der Waals surface area contributed by atoms with Crippen molar-refractivity contribution in [2.24, 2.45) is 0 Å². The molecule has 0 fully saturated rings. The number of aliphatic hydroxyl groups excluding tert-OH is 1. The minimum atomic E-state index is -0.180. The molecule has 1 amide bonds. The van der Waals surface area contributed by atoms with Gasteiger partial charge in [-0.25, -0.2) is 4.98 Å². The summed E-state index contributed by atoms with van der Waals surface area (Å²) in [6, 6.07) is 7.21. The molecule has 5 nitrogen and oxygen atoms in total. The van der Waals surface area contributed by atoms with Crippen LogP contribution in [-0.4, -0.2) is 29.1 Å². The Morgan fingerprint density at radius 3 is 2.70 bits per heavy atom. The fourth-order valence-electron chi connectivity index (χ4n) is 1.69. The molecule has 2 aromatic rings. The monoisotopic (exact) mass is 291 g/mol. The summed E-state index contributed by atoms with van der Waals surface area (Å²) in [6.45, 7) is 2.86. The maximum Gasteiger partial charge on any atom is 0.251 e. The van der Waals surface area contributed by atoms with Gasteiger partial charge in [0.1, 0.15) is 0 Å². The van der Waals surface area contributed by atoms with E-state index in [1.807, 2.05) is 24.4 Å². The van der Waals surface area contributed by atoms with Crippen LogP contribution in [0.5, 0.6) is 0 Å². The van der Waals surface area contributed by atoms with E-state index in [1.165, 1.54) is 0 Å². The highest BCUT2D eigenvalue weighted by molar-refractivity contribution is 7.09. The number of benzene rings is 1. The summed E-state index contributed by atoms with van der Waals surface area (Å²) in [5.74, 6) is -0.180. The maximum absolute atomic E-state index is 11.6. The van der Waals surface area contributed by atoms with E-state index in [0.29, 0.717) is 12.1 Å². The quantitative estimate of drug-likeness (QED) is 0.758. The molecule has 0 radical (unpaired) electrons. The SMILES string of the molecule is Cc1nc(CNc2ccc(C(=O)NCCO)cc2)cs1. The first-order valence-corrected chi connectivity index (χ1v) is 7.21. The van der Waals surface area contributed by atoms with E-state index >= 15 is 0 Å². The molecule has 1 aromatic carbocycles. The lowest BCUT2D eigenvalue weighted by Crippen LogP contribution is -2.26. The third-order valence-corrected chi connectivity index (χ3v) is 3.51. The largest absolute Gasteiger partial charge is 0.395 e. The highest BCUT2D eigenvalue weighted by atomic mass is 32.1. The smallest absolute Gasteiger partial charge is 0.251 e. The average molecular weight is 291 g/mol. The molecule has 0 bridgehead atoms. The van der Waals surface area contributed by atoms with Crippen molar-refractivity contribution in [1.82, 2.24) is 10.3 Å². The molecule has 0 saturated carbocycles. The summed E-state index contributed by atoms with van der Waals surface area (Å²) in [5, 5.41) is 17.6. The molecule has 2 rings (SSSR count). The molecule has 20 heavy (non-hydrogen) atoms. The number of hydrogen-bond donors (Lipinski definition) is 3. The van der Waals surface area contributed by atoms with Crippen LogP contribution < -0.4 is 10.6 Å². The first kappa shape index (κ1) is 14.5. The lowest BCUT2D eigenvalue weighted by molar-refractivity contribution is 0.0945. The molecule has 0 aliphatic heterocycles. The zero-order chi connectivity index (χ0) is 14.4. The Hall–Kier alpha value is -1.92. The Bertz CT molecular complexity index is 566. The Morgan fingerprint density at radius 2 is 2.10 bits per heavy atom. The zero-order valence-electron chi connectivity index (χ0n) is 11.2. The molecule has 0 atom stereocenters. The second kappa shape index (κ2) is 7.02. The maximum atomic E-state index is 11.6. The highest BCUT2D eigenvalue weighted by Gasteiger charge is 2.04. The molecule has 106 valence electrons. The fraction of sp³-hybridized carbons (Fsp3) is 0.286. The van der Waals surface area contributed by atoms with Crippen molar-refractivity contribution in [1.29, 1.82) is 0 Å². The van der Waals surface area contributed by atoms with Gasteiger partial charge in [-0.3, -0.25) is 4.79 Å². The van der Waals surface area contributed by atoms with Gasteiger partial charge in [-0.05, 0) is 31.2 Å². The first-order chi connectivity index (χ1) is 9.69. The average Bonchev–Trinajstić information content (AvgIpc) is 2.89. The van der Waals surface area contributed by atoms with E-state index in [2.05, 4.69) is 15.6 Å². The number of hydrogen-bond acceptors (Lipinski definition) is 5. The standard InChI is InChI=1S/C14H17N3O2S/c1-10-17-13(9-20-10)8-16-12-4-2-11(3-5-12)14(19)15-6-7-18/h2-5,9,16,18H,6-8H2,1H3,(H,15,19). The third kappa shape index (κ3) is 4.04. The molecule has 0 spiro atoms. The van der Waals surface area contributed by atoms with Crippen LogP contribution in [0.2, 0.25) is 0 Å². The Balaban J connectivity index is 1.89. The van der Waals surface area contributed by atoms with Crippen LogP contribution in [0.3, 0.4) is 0 Å². The molecular formula is C14H17N3O2S. The lowest BCUT2D eigenvalue weighted by Gasteiger charge is -2.06. The van der Waals surface area contributed by atoms with Gasteiger partial charge in [0.15, 0.2) is 0 Å². The number of aliphatic hydroxyl groups is 1. The van der Waals surface area contributed by atoms with Gasteiger partial charge in [0.2, 0.25) is 0 Å². The van der Waals surface area contributed by atoms with Gasteiger partial charge in [-0.1, -0.05) is 0 Å². The number of carbonyl (C=O) groups is 1. The number of carbonyl (C=O) groups excluding carboxylic acids is 1. The van der Waals surface area contributed by atoms with Gasteiger partial charge < -0.3 is 15.7 Å². The molecule has 3 N–H and O–H groups in total. The van der Waals surface area contributed by atoms with Crippen molar-refractivity contribution in [3.05, 3.63) is 45.9 Å². The first-order valence-electron chi connectivity index (χ1n) is 6.33. The fourth-order valence-corrected chi connectivity index (χ4v) is 2.31.